The van der Waals surface area contributed by atoms with Crippen molar-refractivity contribution in [3.05, 3.63) is 89.5 Å². The van der Waals surface area contributed by atoms with Gasteiger partial charge in [-0.25, -0.2) is 9.59 Å². The van der Waals surface area contributed by atoms with Crippen molar-refractivity contribution in [2.24, 2.45) is 0 Å². The van der Waals surface area contributed by atoms with Gasteiger partial charge < -0.3 is 9.47 Å². The Morgan fingerprint density at radius 1 is 0.628 bits per heavy atom. The summed E-state index contributed by atoms with van der Waals surface area (Å²) in [6, 6.07) is 20.9. The molecule has 1 atom stereocenters. The molecule has 232 valence electrons. The Labute approximate surface area is 253 Å². The molecule has 0 saturated heterocycles. The number of aryl methyl sites for hydroxylation is 1. The molecule has 0 aliphatic rings. The fraction of sp³-hybridized carbons (Fsp3) is 0.444. The Bertz CT molecular complexity index is 1250. The molecule has 0 spiro atoms. The van der Waals surface area contributed by atoms with Crippen LogP contribution in [0.1, 0.15) is 111 Å². The van der Waals surface area contributed by atoms with Gasteiger partial charge in [0.1, 0.15) is 5.75 Å². The lowest BCUT2D eigenvalue weighted by Crippen LogP contribution is -2.33. The van der Waals surface area contributed by atoms with Crippen LogP contribution in [0.15, 0.2) is 72.8 Å². The monoisotopic (exact) mass is 596 g/mol. The maximum atomic E-state index is 13.4. The second-order valence-corrected chi connectivity index (χ2v) is 11.0. The van der Waals surface area contributed by atoms with Gasteiger partial charge in [-0.3, -0.25) is 0 Å². The van der Waals surface area contributed by atoms with Crippen molar-refractivity contribution in [1.29, 1.82) is 0 Å². The number of esters is 2. The third kappa shape index (κ3) is 11.5. The van der Waals surface area contributed by atoms with Crippen LogP contribution in [0.25, 0.3) is 11.1 Å². The van der Waals surface area contributed by atoms with Gasteiger partial charge >= 0.3 is 18.1 Å². The Kier molecular flexibility index (Phi) is 13.8. The van der Waals surface area contributed by atoms with Crippen LogP contribution in [0, 0.1) is 0 Å². The Hall–Kier alpha value is -3.61. The molecular formula is C36H43F3O4. The number of benzene rings is 3. The molecule has 3 rings (SSSR count). The molecule has 3 aromatic rings. The molecule has 3 aromatic carbocycles. The molecule has 0 aromatic heterocycles. The van der Waals surface area contributed by atoms with E-state index in [1.165, 1.54) is 68.4 Å². The number of carbonyl (C=O) groups excluding carboxylic acids is 2. The van der Waals surface area contributed by atoms with Crippen LogP contribution in [-0.4, -0.2) is 24.2 Å². The number of alkyl halides is 3. The minimum Gasteiger partial charge on any atom is -0.449 e. The van der Waals surface area contributed by atoms with Crippen LogP contribution in [0.4, 0.5) is 13.2 Å². The van der Waals surface area contributed by atoms with Crippen molar-refractivity contribution in [3.8, 4) is 16.9 Å². The second-order valence-electron chi connectivity index (χ2n) is 11.0. The minimum atomic E-state index is -4.64. The van der Waals surface area contributed by atoms with Crippen molar-refractivity contribution < 1.29 is 32.2 Å². The Morgan fingerprint density at radius 3 is 1.70 bits per heavy atom. The molecule has 0 saturated carbocycles. The zero-order chi connectivity index (χ0) is 31.1. The summed E-state index contributed by atoms with van der Waals surface area (Å²) in [5.41, 5.74) is 3.66. The predicted octanol–water partition coefficient (Wildman–Crippen LogP) is 10.5. The zero-order valence-electron chi connectivity index (χ0n) is 25.3. The number of rotatable bonds is 17. The molecule has 43 heavy (non-hydrogen) atoms. The summed E-state index contributed by atoms with van der Waals surface area (Å²) < 4.78 is 50.3. The molecule has 0 unspecified atom stereocenters. The highest BCUT2D eigenvalue weighted by Crippen LogP contribution is 2.28. The molecule has 0 bridgehead atoms. The van der Waals surface area contributed by atoms with Crippen LogP contribution in [0.5, 0.6) is 5.75 Å². The van der Waals surface area contributed by atoms with E-state index in [4.69, 9.17) is 9.47 Å². The van der Waals surface area contributed by atoms with Crippen LogP contribution >= 0.6 is 0 Å². The maximum absolute atomic E-state index is 13.4. The Morgan fingerprint density at radius 2 is 1.12 bits per heavy atom. The molecule has 7 heteroatoms. The van der Waals surface area contributed by atoms with E-state index < -0.39 is 24.2 Å². The van der Waals surface area contributed by atoms with E-state index in [0.29, 0.717) is 18.4 Å². The quantitative estimate of drug-likeness (QED) is 0.0884. The largest absolute Gasteiger partial charge is 0.449 e. The molecule has 4 nitrogen and oxygen atoms in total. The van der Waals surface area contributed by atoms with Crippen LogP contribution < -0.4 is 4.74 Å². The fourth-order valence-electron chi connectivity index (χ4n) is 4.84. The van der Waals surface area contributed by atoms with Gasteiger partial charge in [0, 0.05) is 0 Å². The lowest BCUT2D eigenvalue weighted by Gasteiger charge is -2.20. The number of carbonyl (C=O) groups is 2. The first-order valence-corrected chi connectivity index (χ1v) is 15.5. The van der Waals surface area contributed by atoms with E-state index in [-0.39, 0.29) is 17.7 Å². The van der Waals surface area contributed by atoms with E-state index in [1.54, 1.807) is 12.1 Å². The van der Waals surface area contributed by atoms with E-state index in [0.717, 1.165) is 30.4 Å². The first-order valence-electron chi connectivity index (χ1n) is 15.5. The third-order valence-corrected chi connectivity index (χ3v) is 7.46. The predicted molar refractivity (Wildman–Crippen MR) is 164 cm³/mol. The van der Waals surface area contributed by atoms with Gasteiger partial charge in [0.05, 0.1) is 11.1 Å². The summed E-state index contributed by atoms with van der Waals surface area (Å²) >= 11 is 0. The standard InChI is InChI=1S/C36H43F3O4/c1-3-5-7-9-10-11-13-27-15-17-28(18-16-27)29-19-21-30(22-20-29)34(40)42-32-25-23-31(24-26-32)35(41)43-33(36(37,38)39)14-12-8-6-4-2/h15-26,33H,3-14H2,1-2H3/t33-/m1/s1. The van der Waals surface area contributed by atoms with Crippen LogP contribution in [0.3, 0.4) is 0 Å². The highest BCUT2D eigenvalue weighted by atomic mass is 19.4. The number of halogens is 3. The average Bonchev–Trinajstić information content (AvgIpc) is 3.00. The Balaban J connectivity index is 1.51. The van der Waals surface area contributed by atoms with E-state index >= 15 is 0 Å². The second kappa shape index (κ2) is 17.5. The molecule has 0 aliphatic heterocycles. The lowest BCUT2D eigenvalue weighted by atomic mass is 10.00. The van der Waals surface area contributed by atoms with Crippen molar-refractivity contribution in [3.63, 3.8) is 0 Å². The summed E-state index contributed by atoms with van der Waals surface area (Å²) in [6.07, 6.45) is 4.36. The summed E-state index contributed by atoms with van der Waals surface area (Å²) in [6.45, 7) is 4.19. The SMILES string of the molecule is CCCCCCCCc1ccc(-c2ccc(C(=O)Oc3ccc(C(=O)O[C@H](CCCCCC)C(F)(F)F)cc3)cc2)cc1. The summed E-state index contributed by atoms with van der Waals surface area (Å²) in [4.78, 5) is 25.0. The summed E-state index contributed by atoms with van der Waals surface area (Å²) in [5.74, 6) is -1.49. The summed E-state index contributed by atoms with van der Waals surface area (Å²) in [5, 5.41) is 0. The van der Waals surface area contributed by atoms with Gasteiger partial charge in [0.15, 0.2) is 6.10 Å². The molecular weight excluding hydrogens is 553 g/mol. The minimum absolute atomic E-state index is 0.0510. The smallest absolute Gasteiger partial charge is 0.425 e. The highest BCUT2D eigenvalue weighted by Gasteiger charge is 2.42. The van der Waals surface area contributed by atoms with Gasteiger partial charge in [-0.05, 0) is 78.8 Å². The fourth-order valence-corrected chi connectivity index (χ4v) is 4.84. The van der Waals surface area contributed by atoms with Gasteiger partial charge in [-0.1, -0.05) is 102 Å². The molecule has 0 amide bonds. The van der Waals surface area contributed by atoms with Gasteiger partial charge in [-0.15, -0.1) is 0 Å². The highest BCUT2D eigenvalue weighted by molar-refractivity contribution is 5.92. The van der Waals surface area contributed by atoms with Crippen molar-refractivity contribution in [2.45, 2.75) is 103 Å². The topological polar surface area (TPSA) is 52.6 Å². The van der Waals surface area contributed by atoms with Crippen molar-refractivity contribution >= 4 is 11.9 Å². The molecule has 0 fully saturated rings. The van der Waals surface area contributed by atoms with Gasteiger partial charge in [0.2, 0.25) is 0 Å². The normalized spacial score (nSPS) is 12.1. The lowest BCUT2D eigenvalue weighted by molar-refractivity contribution is -0.206. The van der Waals surface area contributed by atoms with Crippen LogP contribution in [0.2, 0.25) is 0 Å². The number of unbranched alkanes of at least 4 members (excludes halogenated alkanes) is 8. The number of hydrogen-bond donors (Lipinski definition) is 0. The molecule has 0 radical (unpaired) electrons. The summed E-state index contributed by atoms with van der Waals surface area (Å²) in [7, 11) is 0. The van der Waals surface area contributed by atoms with E-state index in [9.17, 15) is 22.8 Å². The van der Waals surface area contributed by atoms with E-state index in [1.807, 2.05) is 19.1 Å². The van der Waals surface area contributed by atoms with Crippen molar-refractivity contribution in [1.82, 2.24) is 0 Å². The molecule has 0 N–H and O–H groups in total. The van der Waals surface area contributed by atoms with Gasteiger partial charge in [0.25, 0.3) is 0 Å². The number of ether oxygens (including phenoxy) is 2. The zero-order valence-corrected chi connectivity index (χ0v) is 25.3. The maximum Gasteiger partial charge on any atom is 0.425 e. The number of hydrogen-bond acceptors (Lipinski definition) is 4. The molecule has 0 heterocycles. The first kappa shape index (κ1) is 33.9. The molecule has 0 aliphatic carbocycles. The first-order chi connectivity index (χ1) is 20.7. The van der Waals surface area contributed by atoms with Crippen molar-refractivity contribution in [2.75, 3.05) is 0 Å². The third-order valence-electron chi connectivity index (χ3n) is 7.46. The van der Waals surface area contributed by atoms with E-state index in [2.05, 4.69) is 31.2 Å². The van der Waals surface area contributed by atoms with Gasteiger partial charge in [-0.2, -0.15) is 13.2 Å². The van der Waals surface area contributed by atoms with Crippen LogP contribution in [-0.2, 0) is 11.2 Å². The average molecular weight is 597 g/mol.